The molecule has 3 rings (SSSR count). The van der Waals surface area contributed by atoms with Crippen LogP contribution in [0.3, 0.4) is 0 Å². The molecule has 0 saturated carbocycles. The summed E-state index contributed by atoms with van der Waals surface area (Å²) in [5.74, 6) is 0.0912. The molecular formula is C18H15O7PS. The molecule has 0 amide bonds. The SMILES string of the molecule is O=P(Oc1ccccc1)(Oc1ccccc1)OS(=O)(=O)c1ccc(O)cc1. The van der Waals surface area contributed by atoms with Crippen LogP contribution in [0.1, 0.15) is 0 Å². The summed E-state index contributed by atoms with van der Waals surface area (Å²) in [6.07, 6.45) is 0. The molecule has 0 saturated heterocycles. The molecule has 7 nitrogen and oxygen atoms in total. The Morgan fingerprint density at radius 2 is 1.15 bits per heavy atom. The summed E-state index contributed by atoms with van der Waals surface area (Å²) in [7, 11) is -9.11. The van der Waals surface area contributed by atoms with E-state index < -0.39 is 17.9 Å². The molecule has 0 heterocycles. The van der Waals surface area contributed by atoms with Crippen molar-refractivity contribution in [2.24, 2.45) is 0 Å². The maximum atomic E-state index is 13.1. The Morgan fingerprint density at radius 3 is 1.59 bits per heavy atom. The zero-order valence-electron chi connectivity index (χ0n) is 13.8. The van der Waals surface area contributed by atoms with Crippen LogP contribution in [0.5, 0.6) is 17.2 Å². The number of phosphoric acid groups is 1. The summed E-state index contributed by atoms with van der Waals surface area (Å²) in [6, 6.07) is 20.4. The van der Waals surface area contributed by atoms with E-state index in [0.29, 0.717) is 0 Å². The van der Waals surface area contributed by atoms with Crippen LogP contribution in [0, 0.1) is 0 Å². The molecule has 140 valence electrons. The molecule has 1 N–H and O–H groups in total. The summed E-state index contributed by atoms with van der Waals surface area (Å²) >= 11 is 0. The highest BCUT2D eigenvalue weighted by molar-refractivity contribution is 7.90. The molecular weight excluding hydrogens is 391 g/mol. The van der Waals surface area contributed by atoms with E-state index in [9.17, 15) is 18.1 Å². The number of aromatic hydroxyl groups is 1. The number of phenolic OH excluding ortho intramolecular Hbond substituents is 1. The highest BCUT2D eigenvalue weighted by Crippen LogP contribution is 2.51. The summed E-state index contributed by atoms with van der Waals surface area (Å²) in [5, 5.41) is 9.30. The average Bonchev–Trinajstić information content (AvgIpc) is 2.63. The first-order chi connectivity index (χ1) is 12.9. The molecule has 0 radical (unpaired) electrons. The van der Waals surface area contributed by atoms with Crippen LogP contribution in [-0.2, 0) is 18.7 Å². The molecule has 0 unspecified atom stereocenters. The lowest BCUT2D eigenvalue weighted by Gasteiger charge is -2.18. The minimum Gasteiger partial charge on any atom is -0.508 e. The van der Waals surface area contributed by atoms with Crippen LogP contribution in [-0.4, -0.2) is 13.5 Å². The molecule has 27 heavy (non-hydrogen) atoms. The fourth-order valence-corrected chi connectivity index (χ4v) is 4.86. The summed E-state index contributed by atoms with van der Waals surface area (Å²) in [6.45, 7) is 0. The van der Waals surface area contributed by atoms with Crippen LogP contribution in [0.25, 0.3) is 0 Å². The standard InChI is InChI=1S/C18H15O7PS/c19-15-11-13-18(14-12-15)27(21,22)25-26(20,23-16-7-3-1-4-8-16)24-17-9-5-2-6-10-17/h1-14,19H. The monoisotopic (exact) mass is 406 g/mol. The normalized spacial score (nSPS) is 11.7. The largest absolute Gasteiger partial charge is 0.603 e. The highest BCUT2D eigenvalue weighted by atomic mass is 32.2. The Hall–Kier alpha value is -2.80. The third-order valence-corrected chi connectivity index (χ3v) is 6.47. The second kappa shape index (κ2) is 7.84. The van der Waals surface area contributed by atoms with Crippen LogP contribution in [0.4, 0.5) is 0 Å². The van der Waals surface area contributed by atoms with Crippen molar-refractivity contribution in [2.75, 3.05) is 0 Å². The zero-order valence-corrected chi connectivity index (χ0v) is 15.5. The van der Waals surface area contributed by atoms with Gasteiger partial charge in [0.1, 0.15) is 17.2 Å². The molecule has 0 fully saturated rings. The molecule has 3 aromatic carbocycles. The van der Waals surface area contributed by atoms with Gasteiger partial charge < -0.3 is 14.2 Å². The number of para-hydroxylation sites is 2. The van der Waals surface area contributed by atoms with Crippen molar-refractivity contribution in [3.8, 4) is 17.2 Å². The van der Waals surface area contributed by atoms with E-state index in [1.54, 1.807) is 36.4 Å². The molecule has 0 spiro atoms. The van der Waals surface area contributed by atoms with Crippen LogP contribution >= 0.6 is 7.82 Å². The number of benzene rings is 3. The summed E-state index contributed by atoms with van der Waals surface area (Å²) in [5.41, 5.74) is 0. The van der Waals surface area contributed by atoms with Gasteiger partial charge in [-0.25, -0.2) is 4.57 Å². The van der Waals surface area contributed by atoms with Crippen molar-refractivity contribution < 1.29 is 31.1 Å². The quantitative estimate of drug-likeness (QED) is 0.582. The first-order valence-electron chi connectivity index (χ1n) is 7.71. The Kier molecular flexibility index (Phi) is 5.51. The molecule has 0 aliphatic rings. The predicted molar refractivity (Wildman–Crippen MR) is 98.1 cm³/mol. The lowest BCUT2D eigenvalue weighted by atomic mass is 10.3. The van der Waals surface area contributed by atoms with Gasteiger partial charge in [-0.2, -0.15) is 8.42 Å². The Balaban J connectivity index is 1.93. The van der Waals surface area contributed by atoms with Crippen LogP contribution < -0.4 is 9.05 Å². The van der Waals surface area contributed by atoms with E-state index in [4.69, 9.17) is 13.0 Å². The minimum absolute atomic E-state index is 0.109. The summed E-state index contributed by atoms with van der Waals surface area (Å²) in [4.78, 5) is -0.311. The maximum absolute atomic E-state index is 13.1. The number of phosphoric ester groups is 1. The lowest BCUT2D eigenvalue weighted by Crippen LogP contribution is -2.11. The average molecular weight is 406 g/mol. The van der Waals surface area contributed by atoms with Gasteiger partial charge in [-0.15, -0.1) is 3.97 Å². The fourth-order valence-electron chi connectivity index (χ4n) is 2.05. The summed E-state index contributed by atoms with van der Waals surface area (Å²) < 4.78 is 53.5. The van der Waals surface area contributed by atoms with Crippen molar-refractivity contribution in [1.82, 2.24) is 0 Å². The minimum atomic E-state index is -4.61. The van der Waals surface area contributed by atoms with Gasteiger partial charge in [0.2, 0.25) is 0 Å². The smallest absolute Gasteiger partial charge is 0.508 e. The molecule has 0 aromatic heterocycles. The molecule has 0 atom stereocenters. The predicted octanol–water partition coefficient (Wildman–Crippen LogP) is 4.36. The Morgan fingerprint density at radius 1 is 0.704 bits per heavy atom. The van der Waals surface area contributed by atoms with Crippen molar-refractivity contribution in [3.63, 3.8) is 0 Å². The fraction of sp³-hybridized carbons (Fsp3) is 0. The van der Waals surface area contributed by atoms with E-state index in [-0.39, 0.29) is 22.1 Å². The highest BCUT2D eigenvalue weighted by Gasteiger charge is 2.38. The topological polar surface area (TPSA) is 99.1 Å². The van der Waals surface area contributed by atoms with Gasteiger partial charge in [0.15, 0.2) is 0 Å². The molecule has 0 aliphatic heterocycles. The lowest BCUT2D eigenvalue weighted by molar-refractivity contribution is 0.300. The molecule has 9 heteroatoms. The van der Waals surface area contributed by atoms with E-state index in [1.165, 1.54) is 24.3 Å². The third-order valence-electron chi connectivity index (χ3n) is 3.24. The van der Waals surface area contributed by atoms with Crippen molar-refractivity contribution >= 4 is 17.9 Å². The second-order valence-electron chi connectivity index (χ2n) is 5.28. The van der Waals surface area contributed by atoms with Crippen molar-refractivity contribution in [2.45, 2.75) is 4.90 Å². The van der Waals surface area contributed by atoms with Gasteiger partial charge in [0, 0.05) is 0 Å². The van der Waals surface area contributed by atoms with E-state index in [0.717, 1.165) is 24.3 Å². The van der Waals surface area contributed by atoms with Crippen LogP contribution in [0.15, 0.2) is 89.8 Å². The van der Waals surface area contributed by atoms with Crippen molar-refractivity contribution in [1.29, 1.82) is 0 Å². The number of hydrogen-bond donors (Lipinski definition) is 1. The number of rotatable bonds is 7. The van der Waals surface area contributed by atoms with Crippen molar-refractivity contribution in [3.05, 3.63) is 84.9 Å². The first-order valence-corrected chi connectivity index (χ1v) is 10.6. The first kappa shape index (κ1) is 19.0. The van der Waals surface area contributed by atoms with Gasteiger partial charge in [0.05, 0.1) is 4.90 Å². The van der Waals surface area contributed by atoms with Gasteiger partial charge in [0.25, 0.3) is 0 Å². The molecule has 0 aliphatic carbocycles. The number of hydrogen-bond acceptors (Lipinski definition) is 7. The van der Waals surface area contributed by atoms with Gasteiger partial charge in [-0.3, -0.25) is 0 Å². The molecule has 0 bridgehead atoms. The van der Waals surface area contributed by atoms with Crippen LogP contribution in [0.2, 0.25) is 0 Å². The Labute approximate surface area is 156 Å². The van der Waals surface area contributed by atoms with Gasteiger partial charge >= 0.3 is 17.9 Å². The second-order valence-corrected chi connectivity index (χ2v) is 8.51. The molecule has 3 aromatic rings. The third kappa shape index (κ3) is 5.10. The van der Waals surface area contributed by atoms with E-state index in [1.807, 2.05) is 0 Å². The number of phenols is 1. The Bertz CT molecular complexity index is 991. The zero-order chi connectivity index (χ0) is 19.3. The van der Waals surface area contributed by atoms with E-state index in [2.05, 4.69) is 0 Å². The van der Waals surface area contributed by atoms with Gasteiger partial charge in [-0.1, -0.05) is 36.4 Å². The van der Waals surface area contributed by atoms with Gasteiger partial charge in [-0.05, 0) is 48.5 Å². The van der Waals surface area contributed by atoms with E-state index >= 15 is 0 Å². The maximum Gasteiger partial charge on any atom is 0.603 e.